The number of hydrogen-bond donors (Lipinski definition) is 1. The van der Waals surface area contributed by atoms with Crippen molar-refractivity contribution in [3.63, 3.8) is 0 Å². The lowest BCUT2D eigenvalue weighted by molar-refractivity contribution is 0.399. The lowest BCUT2D eigenvalue weighted by atomic mass is 10.4. The fourth-order valence-electron chi connectivity index (χ4n) is 1.41. The second kappa shape index (κ2) is 3.95. The van der Waals surface area contributed by atoms with E-state index in [1.165, 1.54) is 7.11 Å². The van der Waals surface area contributed by atoms with E-state index in [2.05, 4.69) is 11.1 Å². The van der Waals surface area contributed by atoms with Crippen LogP contribution in [0.15, 0.2) is 30.5 Å². The second-order valence-electron chi connectivity index (χ2n) is 3.14. The molecular formula is C11H10N4O. The van der Waals surface area contributed by atoms with Gasteiger partial charge in [-0.25, -0.2) is 0 Å². The molecule has 0 aliphatic heterocycles. The Morgan fingerprint density at radius 1 is 1.44 bits per heavy atom. The number of nitrogen functional groups attached to an aromatic ring is 1. The minimum atomic E-state index is 0.357. The number of pyridine rings is 1. The smallest absolute Gasteiger partial charge is 0.238 e. The summed E-state index contributed by atoms with van der Waals surface area (Å²) in [4.78, 5) is 4.21. The summed E-state index contributed by atoms with van der Waals surface area (Å²) in [6, 6.07) is 9.00. The van der Waals surface area contributed by atoms with E-state index in [9.17, 15) is 0 Å². The Kier molecular flexibility index (Phi) is 2.48. The fourth-order valence-corrected chi connectivity index (χ4v) is 1.41. The summed E-state index contributed by atoms with van der Waals surface area (Å²) in [5, 5.41) is 8.90. The van der Waals surface area contributed by atoms with Crippen LogP contribution in [0.3, 0.4) is 0 Å². The third-order valence-electron chi connectivity index (χ3n) is 2.18. The molecule has 0 spiro atoms. The predicted molar refractivity (Wildman–Crippen MR) is 59.2 cm³/mol. The third kappa shape index (κ3) is 1.57. The summed E-state index contributed by atoms with van der Waals surface area (Å²) in [5.41, 5.74) is 6.64. The maximum absolute atomic E-state index is 8.90. The summed E-state index contributed by atoms with van der Waals surface area (Å²) in [6.45, 7) is 0. The van der Waals surface area contributed by atoms with Crippen molar-refractivity contribution >= 4 is 5.69 Å². The van der Waals surface area contributed by atoms with Crippen molar-refractivity contribution in [2.75, 3.05) is 12.8 Å². The number of hydrogen-bond acceptors (Lipinski definition) is 4. The standard InChI is InChI=1S/C11H10N4O/c1-16-11-9(13)4-5-10(14-11)15-6-2-3-8(15)7-12/h2-6H,13H2,1H3. The lowest BCUT2D eigenvalue weighted by Gasteiger charge is -2.07. The number of nitrogens with zero attached hydrogens (tertiary/aromatic N) is 3. The Labute approximate surface area is 92.7 Å². The molecule has 0 aliphatic rings. The molecule has 0 aromatic carbocycles. The molecule has 0 amide bonds. The number of ether oxygens (including phenoxy) is 1. The minimum Gasteiger partial charge on any atom is -0.479 e. The molecule has 5 nitrogen and oxygen atoms in total. The second-order valence-corrected chi connectivity index (χ2v) is 3.14. The largest absolute Gasteiger partial charge is 0.479 e. The molecular weight excluding hydrogens is 204 g/mol. The van der Waals surface area contributed by atoms with Crippen LogP contribution in [0.4, 0.5) is 5.69 Å². The maximum atomic E-state index is 8.90. The number of nitrogens with two attached hydrogens (primary N) is 1. The molecule has 0 saturated carbocycles. The van der Waals surface area contributed by atoms with Gasteiger partial charge in [0.05, 0.1) is 12.8 Å². The first kappa shape index (κ1) is 10.1. The highest BCUT2D eigenvalue weighted by Crippen LogP contribution is 2.20. The summed E-state index contributed by atoms with van der Waals surface area (Å²) >= 11 is 0. The molecule has 5 heteroatoms. The summed E-state index contributed by atoms with van der Waals surface area (Å²) in [6.07, 6.45) is 1.76. The molecule has 2 rings (SSSR count). The highest BCUT2D eigenvalue weighted by Gasteiger charge is 2.07. The van der Waals surface area contributed by atoms with Crippen LogP contribution in [-0.2, 0) is 0 Å². The summed E-state index contributed by atoms with van der Waals surface area (Å²) in [5.74, 6) is 0.961. The van der Waals surface area contributed by atoms with E-state index in [0.29, 0.717) is 23.1 Å². The average molecular weight is 214 g/mol. The van der Waals surface area contributed by atoms with Gasteiger partial charge in [-0.2, -0.15) is 10.2 Å². The van der Waals surface area contributed by atoms with Crippen LogP contribution in [0, 0.1) is 11.3 Å². The molecule has 0 fully saturated rings. The van der Waals surface area contributed by atoms with E-state index >= 15 is 0 Å². The zero-order valence-corrected chi connectivity index (χ0v) is 8.71. The maximum Gasteiger partial charge on any atom is 0.238 e. The number of anilines is 1. The number of aromatic nitrogens is 2. The van der Waals surface area contributed by atoms with E-state index in [1.807, 2.05) is 0 Å². The van der Waals surface area contributed by atoms with Crippen LogP contribution in [0.2, 0.25) is 0 Å². The molecule has 0 radical (unpaired) electrons. The predicted octanol–water partition coefficient (Wildman–Crippen LogP) is 1.33. The molecule has 0 saturated heterocycles. The topological polar surface area (TPSA) is 76.9 Å². The molecule has 0 unspecified atom stereocenters. The molecule has 2 N–H and O–H groups in total. The number of rotatable bonds is 2. The highest BCUT2D eigenvalue weighted by atomic mass is 16.5. The number of methoxy groups -OCH3 is 1. The first-order valence-corrected chi connectivity index (χ1v) is 4.64. The van der Waals surface area contributed by atoms with Gasteiger partial charge in [0.2, 0.25) is 5.88 Å². The summed E-state index contributed by atoms with van der Waals surface area (Å²) < 4.78 is 6.69. The van der Waals surface area contributed by atoms with Crippen molar-refractivity contribution in [3.05, 3.63) is 36.2 Å². The van der Waals surface area contributed by atoms with Crippen LogP contribution in [0.1, 0.15) is 5.69 Å². The first-order chi connectivity index (χ1) is 7.76. The van der Waals surface area contributed by atoms with Gasteiger partial charge in [0.15, 0.2) is 0 Å². The monoisotopic (exact) mass is 214 g/mol. The van der Waals surface area contributed by atoms with Crippen molar-refractivity contribution in [1.82, 2.24) is 9.55 Å². The Hall–Kier alpha value is -2.48. The molecule has 16 heavy (non-hydrogen) atoms. The zero-order chi connectivity index (χ0) is 11.5. The quantitative estimate of drug-likeness (QED) is 0.818. The van der Waals surface area contributed by atoms with Gasteiger partial charge in [-0.15, -0.1) is 0 Å². The van der Waals surface area contributed by atoms with E-state index in [0.717, 1.165) is 0 Å². The Morgan fingerprint density at radius 2 is 2.25 bits per heavy atom. The van der Waals surface area contributed by atoms with Crippen LogP contribution < -0.4 is 10.5 Å². The van der Waals surface area contributed by atoms with E-state index < -0.39 is 0 Å². The fraction of sp³-hybridized carbons (Fsp3) is 0.0909. The molecule has 2 aromatic rings. The van der Waals surface area contributed by atoms with Crippen LogP contribution >= 0.6 is 0 Å². The van der Waals surface area contributed by atoms with Gasteiger partial charge in [0.25, 0.3) is 0 Å². The van der Waals surface area contributed by atoms with Crippen LogP contribution in [-0.4, -0.2) is 16.7 Å². The Bertz CT molecular complexity index is 553. The molecule has 80 valence electrons. The highest BCUT2D eigenvalue weighted by molar-refractivity contribution is 5.51. The van der Waals surface area contributed by atoms with Gasteiger partial charge in [-0.3, -0.25) is 4.57 Å². The van der Waals surface area contributed by atoms with Gasteiger partial charge in [0, 0.05) is 6.20 Å². The zero-order valence-electron chi connectivity index (χ0n) is 8.71. The summed E-state index contributed by atoms with van der Waals surface area (Å²) in [7, 11) is 1.50. The van der Waals surface area contributed by atoms with Crippen molar-refractivity contribution in [2.24, 2.45) is 0 Å². The first-order valence-electron chi connectivity index (χ1n) is 4.64. The number of nitriles is 1. The van der Waals surface area contributed by atoms with Gasteiger partial charge in [0.1, 0.15) is 17.6 Å². The Balaban J connectivity index is 2.53. The van der Waals surface area contributed by atoms with Crippen molar-refractivity contribution < 1.29 is 4.74 Å². The van der Waals surface area contributed by atoms with E-state index in [-0.39, 0.29) is 0 Å². The van der Waals surface area contributed by atoms with Gasteiger partial charge in [-0.05, 0) is 24.3 Å². The van der Waals surface area contributed by atoms with E-state index in [1.54, 1.807) is 35.0 Å². The molecule has 0 bridgehead atoms. The van der Waals surface area contributed by atoms with Gasteiger partial charge < -0.3 is 10.5 Å². The van der Waals surface area contributed by atoms with Gasteiger partial charge >= 0.3 is 0 Å². The van der Waals surface area contributed by atoms with Crippen molar-refractivity contribution in [2.45, 2.75) is 0 Å². The van der Waals surface area contributed by atoms with Gasteiger partial charge in [-0.1, -0.05) is 0 Å². The third-order valence-corrected chi connectivity index (χ3v) is 2.18. The molecule has 2 aromatic heterocycles. The van der Waals surface area contributed by atoms with E-state index in [4.69, 9.17) is 15.7 Å². The molecule has 0 aliphatic carbocycles. The SMILES string of the molecule is COc1nc(-n2cccc2C#N)ccc1N. The minimum absolute atomic E-state index is 0.357. The molecule has 0 atom stereocenters. The Morgan fingerprint density at radius 3 is 2.94 bits per heavy atom. The average Bonchev–Trinajstić information content (AvgIpc) is 2.78. The van der Waals surface area contributed by atoms with Crippen LogP contribution in [0.5, 0.6) is 5.88 Å². The van der Waals surface area contributed by atoms with Crippen molar-refractivity contribution in [3.8, 4) is 17.8 Å². The van der Waals surface area contributed by atoms with Crippen LogP contribution in [0.25, 0.3) is 5.82 Å². The molecule has 2 heterocycles. The lowest BCUT2D eigenvalue weighted by Crippen LogP contribution is -2.02. The van der Waals surface area contributed by atoms with Crippen molar-refractivity contribution in [1.29, 1.82) is 5.26 Å². The normalized spacial score (nSPS) is 9.75.